The van der Waals surface area contributed by atoms with Gasteiger partial charge in [0.2, 0.25) is 0 Å². The smallest absolute Gasteiger partial charge is 0.127 e. The van der Waals surface area contributed by atoms with Crippen LogP contribution in [0.1, 0.15) is 25.8 Å². The van der Waals surface area contributed by atoms with E-state index in [1.807, 2.05) is 18.2 Å². The van der Waals surface area contributed by atoms with Gasteiger partial charge in [0, 0.05) is 24.2 Å². The van der Waals surface area contributed by atoms with E-state index in [-0.39, 0.29) is 0 Å². The number of ether oxygens (including phenoxy) is 2. The molecule has 0 unspecified atom stereocenters. The van der Waals surface area contributed by atoms with Gasteiger partial charge in [-0.25, -0.2) is 0 Å². The zero-order valence-corrected chi connectivity index (χ0v) is 10.5. The minimum atomic E-state index is 0.520. The molecule has 0 amide bonds. The Kier molecular flexibility index (Phi) is 5.12. The molecule has 0 saturated heterocycles. The Morgan fingerprint density at radius 1 is 1.25 bits per heavy atom. The molecule has 0 heterocycles. The van der Waals surface area contributed by atoms with Gasteiger partial charge < -0.3 is 14.8 Å². The fourth-order valence-electron chi connectivity index (χ4n) is 1.43. The molecule has 1 aromatic carbocycles. The standard InChI is InChI=1S/C13H21NO2/c1-5-10(2)14-9-11-6-7-12(15-3)8-13(11)16-4/h6-8,10,14H,5,9H2,1-4H3/t10-/m1/s1. The van der Waals surface area contributed by atoms with Crippen LogP contribution < -0.4 is 14.8 Å². The van der Waals surface area contributed by atoms with Gasteiger partial charge in [0.15, 0.2) is 0 Å². The summed E-state index contributed by atoms with van der Waals surface area (Å²) in [6.45, 7) is 5.17. The van der Waals surface area contributed by atoms with E-state index in [1.54, 1.807) is 14.2 Å². The van der Waals surface area contributed by atoms with Crippen LogP contribution in [0.4, 0.5) is 0 Å². The Labute approximate surface area is 97.8 Å². The van der Waals surface area contributed by atoms with Crippen LogP contribution in [0.5, 0.6) is 11.5 Å². The first-order valence-corrected chi connectivity index (χ1v) is 5.65. The number of methoxy groups -OCH3 is 2. The Hall–Kier alpha value is -1.22. The molecule has 1 N–H and O–H groups in total. The third-order valence-electron chi connectivity index (χ3n) is 2.75. The van der Waals surface area contributed by atoms with Crippen LogP contribution in [0, 0.1) is 0 Å². The lowest BCUT2D eigenvalue weighted by Gasteiger charge is -2.14. The molecule has 0 aliphatic heterocycles. The van der Waals surface area contributed by atoms with Crippen LogP contribution in [0.25, 0.3) is 0 Å². The van der Waals surface area contributed by atoms with Crippen molar-refractivity contribution in [3.05, 3.63) is 23.8 Å². The summed E-state index contributed by atoms with van der Waals surface area (Å²) in [5.74, 6) is 1.69. The summed E-state index contributed by atoms with van der Waals surface area (Å²) in [6, 6.07) is 6.42. The summed E-state index contributed by atoms with van der Waals surface area (Å²) >= 11 is 0. The van der Waals surface area contributed by atoms with Crippen molar-refractivity contribution >= 4 is 0 Å². The lowest BCUT2D eigenvalue weighted by molar-refractivity contribution is 0.388. The van der Waals surface area contributed by atoms with Crippen molar-refractivity contribution in [1.29, 1.82) is 0 Å². The van der Waals surface area contributed by atoms with Crippen LogP contribution >= 0.6 is 0 Å². The summed E-state index contributed by atoms with van der Waals surface area (Å²) < 4.78 is 10.5. The van der Waals surface area contributed by atoms with Crippen LogP contribution in [-0.2, 0) is 6.54 Å². The van der Waals surface area contributed by atoms with Gasteiger partial charge in [-0.05, 0) is 19.4 Å². The summed E-state index contributed by atoms with van der Waals surface area (Å²) in [5, 5.41) is 3.44. The highest BCUT2D eigenvalue weighted by Gasteiger charge is 2.05. The third kappa shape index (κ3) is 3.42. The van der Waals surface area contributed by atoms with E-state index in [9.17, 15) is 0 Å². The van der Waals surface area contributed by atoms with Crippen LogP contribution in [0.2, 0.25) is 0 Å². The van der Waals surface area contributed by atoms with Gasteiger partial charge in [0.1, 0.15) is 11.5 Å². The summed E-state index contributed by atoms with van der Waals surface area (Å²) in [5.41, 5.74) is 1.16. The number of benzene rings is 1. The number of rotatable bonds is 6. The maximum Gasteiger partial charge on any atom is 0.127 e. The van der Waals surface area contributed by atoms with Gasteiger partial charge in [-0.2, -0.15) is 0 Å². The zero-order chi connectivity index (χ0) is 12.0. The van der Waals surface area contributed by atoms with Gasteiger partial charge >= 0.3 is 0 Å². The SMILES string of the molecule is CC[C@@H](C)NCc1ccc(OC)cc1OC. The quantitative estimate of drug-likeness (QED) is 0.804. The molecule has 0 aliphatic rings. The third-order valence-corrected chi connectivity index (χ3v) is 2.75. The second kappa shape index (κ2) is 6.38. The predicted molar refractivity (Wildman–Crippen MR) is 66.1 cm³/mol. The van der Waals surface area contributed by atoms with E-state index in [4.69, 9.17) is 9.47 Å². The van der Waals surface area contributed by atoms with E-state index < -0.39 is 0 Å². The fourth-order valence-corrected chi connectivity index (χ4v) is 1.43. The van der Waals surface area contributed by atoms with E-state index in [2.05, 4.69) is 19.2 Å². The highest BCUT2D eigenvalue weighted by atomic mass is 16.5. The summed E-state index contributed by atoms with van der Waals surface area (Å²) in [6.07, 6.45) is 1.12. The zero-order valence-electron chi connectivity index (χ0n) is 10.5. The van der Waals surface area contributed by atoms with Gasteiger partial charge in [-0.1, -0.05) is 13.0 Å². The largest absolute Gasteiger partial charge is 0.497 e. The minimum absolute atomic E-state index is 0.520. The van der Waals surface area contributed by atoms with Crippen molar-refractivity contribution in [2.24, 2.45) is 0 Å². The van der Waals surface area contributed by atoms with Crippen molar-refractivity contribution < 1.29 is 9.47 Å². The van der Waals surface area contributed by atoms with Gasteiger partial charge in [0.05, 0.1) is 14.2 Å². The molecule has 90 valence electrons. The molecule has 0 spiro atoms. The van der Waals surface area contributed by atoms with Gasteiger partial charge in [-0.3, -0.25) is 0 Å². The fraction of sp³-hybridized carbons (Fsp3) is 0.538. The van der Waals surface area contributed by atoms with Crippen LogP contribution in [-0.4, -0.2) is 20.3 Å². The van der Waals surface area contributed by atoms with E-state index in [1.165, 1.54) is 0 Å². The van der Waals surface area contributed by atoms with E-state index in [0.717, 1.165) is 30.0 Å². The van der Waals surface area contributed by atoms with E-state index >= 15 is 0 Å². The molecule has 0 radical (unpaired) electrons. The normalized spacial score (nSPS) is 12.2. The van der Waals surface area contributed by atoms with Crippen LogP contribution in [0.15, 0.2) is 18.2 Å². The predicted octanol–water partition coefficient (Wildman–Crippen LogP) is 2.59. The first kappa shape index (κ1) is 12.8. The molecule has 0 aliphatic carbocycles. The maximum absolute atomic E-state index is 5.33. The van der Waals surface area contributed by atoms with Crippen molar-refractivity contribution in [2.45, 2.75) is 32.9 Å². The van der Waals surface area contributed by atoms with E-state index in [0.29, 0.717) is 6.04 Å². The number of hydrogen-bond donors (Lipinski definition) is 1. The second-order valence-corrected chi connectivity index (χ2v) is 3.87. The molecule has 1 atom stereocenters. The Bertz CT molecular complexity index is 326. The first-order valence-electron chi connectivity index (χ1n) is 5.65. The van der Waals surface area contributed by atoms with Crippen molar-refractivity contribution in [2.75, 3.05) is 14.2 Å². The Morgan fingerprint density at radius 2 is 2.00 bits per heavy atom. The highest BCUT2D eigenvalue weighted by Crippen LogP contribution is 2.24. The summed E-state index contributed by atoms with van der Waals surface area (Å²) in [7, 11) is 3.34. The molecule has 0 aromatic heterocycles. The molecule has 3 heteroatoms. The summed E-state index contributed by atoms with van der Waals surface area (Å²) in [4.78, 5) is 0. The van der Waals surface area contributed by atoms with Crippen molar-refractivity contribution in [3.8, 4) is 11.5 Å². The molecule has 0 fully saturated rings. The topological polar surface area (TPSA) is 30.5 Å². The lowest BCUT2D eigenvalue weighted by Crippen LogP contribution is -2.24. The highest BCUT2D eigenvalue weighted by molar-refractivity contribution is 5.40. The average Bonchev–Trinajstić information content (AvgIpc) is 2.35. The van der Waals surface area contributed by atoms with Gasteiger partial charge in [-0.15, -0.1) is 0 Å². The van der Waals surface area contributed by atoms with Crippen molar-refractivity contribution in [3.63, 3.8) is 0 Å². The first-order chi connectivity index (χ1) is 7.71. The molecule has 0 saturated carbocycles. The number of hydrogen-bond acceptors (Lipinski definition) is 3. The Morgan fingerprint density at radius 3 is 2.56 bits per heavy atom. The number of nitrogens with one attached hydrogen (secondary N) is 1. The second-order valence-electron chi connectivity index (χ2n) is 3.87. The average molecular weight is 223 g/mol. The monoisotopic (exact) mass is 223 g/mol. The molecule has 1 aromatic rings. The minimum Gasteiger partial charge on any atom is -0.497 e. The molecule has 0 bridgehead atoms. The maximum atomic E-state index is 5.33. The van der Waals surface area contributed by atoms with Crippen LogP contribution in [0.3, 0.4) is 0 Å². The Balaban J connectivity index is 2.71. The molecule has 1 rings (SSSR count). The molecule has 3 nitrogen and oxygen atoms in total. The molecular weight excluding hydrogens is 202 g/mol. The lowest BCUT2D eigenvalue weighted by atomic mass is 10.1. The molecular formula is C13H21NO2. The van der Waals surface area contributed by atoms with Crippen molar-refractivity contribution in [1.82, 2.24) is 5.32 Å². The molecule has 16 heavy (non-hydrogen) atoms. The van der Waals surface area contributed by atoms with Gasteiger partial charge in [0.25, 0.3) is 0 Å².